The van der Waals surface area contributed by atoms with Crippen LogP contribution in [-0.4, -0.2) is 46.7 Å². The van der Waals surface area contributed by atoms with Crippen molar-refractivity contribution in [3.63, 3.8) is 0 Å². The number of hydrogen-bond donors (Lipinski definition) is 3. The number of carbonyl (C=O) groups excluding carboxylic acids is 1. The van der Waals surface area contributed by atoms with Crippen molar-refractivity contribution >= 4 is 17.7 Å². The summed E-state index contributed by atoms with van der Waals surface area (Å²) in [4.78, 5) is 11.7. The maximum Gasteiger partial charge on any atom is 0.217 e. The summed E-state index contributed by atoms with van der Waals surface area (Å²) in [6, 6.07) is 2.69. The van der Waals surface area contributed by atoms with Gasteiger partial charge in [-0.25, -0.2) is 8.78 Å². The smallest absolute Gasteiger partial charge is 0.217 e. The average molecular weight is 469 g/mol. The van der Waals surface area contributed by atoms with Crippen LogP contribution in [0.1, 0.15) is 58.9 Å². The molecule has 2 saturated carbocycles. The highest BCUT2D eigenvalue weighted by Gasteiger charge is 2.65. The van der Waals surface area contributed by atoms with Crippen LogP contribution in [-0.2, 0) is 11.2 Å². The zero-order valence-corrected chi connectivity index (χ0v) is 20.5. The third-order valence-corrected chi connectivity index (χ3v) is 8.11. The lowest BCUT2D eigenvalue weighted by atomic mass is 9.94. The number of carbonyl (C=O) groups is 1. The summed E-state index contributed by atoms with van der Waals surface area (Å²) in [5, 5.41) is 17.3. The van der Waals surface area contributed by atoms with Crippen molar-refractivity contribution in [2.24, 2.45) is 17.3 Å². The molecule has 7 heteroatoms. The monoisotopic (exact) mass is 468 g/mol. The molecule has 1 amide bonds. The van der Waals surface area contributed by atoms with E-state index in [4.69, 9.17) is 0 Å². The Bertz CT molecular complexity index is 768. The minimum atomic E-state index is -0.858. The van der Waals surface area contributed by atoms with E-state index in [-0.39, 0.29) is 17.9 Å². The van der Waals surface area contributed by atoms with E-state index in [1.54, 1.807) is 0 Å². The van der Waals surface area contributed by atoms with Gasteiger partial charge in [-0.1, -0.05) is 27.2 Å². The van der Waals surface area contributed by atoms with Crippen molar-refractivity contribution in [3.8, 4) is 0 Å². The predicted octanol–water partition coefficient (Wildman–Crippen LogP) is 4.30. The molecule has 0 aromatic heterocycles. The molecule has 4 nitrogen and oxygen atoms in total. The van der Waals surface area contributed by atoms with Crippen molar-refractivity contribution in [1.29, 1.82) is 0 Å². The van der Waals surface area contributed by atoms with Gasteiger partial charge in [0.15, 0.2) is 0 Å². The minimum Gasteiger partial charge on any atom is -0.390 e. The van der Waals surface area contributed by atoms with Gasteiger partial charge in [-0.05, 0) is 66.4 Å². The van der Waals surface area contributed by atoms with Gasteiger partial charge in [0.05, 0.1) is 12.1 Å². The number of halogens is 2. The van der Waals surface area contributed by atoms with Crippen molar-refractivity contribution < 1.29 is 18.7 Å². The maximum atomic E-state index is 13.6. The highest BCUT2D eigenvalue weighted by Crippen LogP contribution is 2.61. The molecule has 3 N–H and O–H groups in total. The number of thioether (sulfide) groups is 1. The summed E-state index contributed by atoms with van der Waals surface area (Å²) in [6.07, 6.45) is 4.20. The third kappa shape index (κ3) is 6.67. The summed E-state index contributed by atoms with van der Waals surface area (Å²) in [5.41, 5.74) is 0.801. The molecular formula is C25H38F2N2O2S. The number of aliphatic hydroxyl groups is 1. The molecule has 0 spiro atoms. The number of benzene rings is 1. The topological polar surface area (TPSA) is 61.4 Å². The van der Waals surface area contributed by atoms with Gasteiger partial charge in [0.1, 0.15) is 11.6 Å². The molecule has 180 valence electrons. The lowest BCUT2D eigenvalue weighted by Crippen LogP contribution is -2.51. The highest BCUT2D eigenvalue weighted by molar-refractivity contribution is 7.99. The molecule has 0 heterocycles. The Balaban J connectivity index is 1.60. The molecule has 3 rings (SSSR count). The normalized spacial score (nSPS) is 26.5. The molecular weight excluding hydrogens is 430 g/mol. The first-order valence-electron chi connectivity index (χ1n) is 11.7. The van der Waals surface area contributed by atoms with Crippen LogP contribution in [0.25, 0.3) is 0 Å². The summed E-state index contributed by atoms with van der Waals surface area (Å²) >= 11 is 1.99. The Labute approximate surface area is 195 Å². The third-order valence-electron chi connectivity index (χ3n) is 6.94. The Morgan fingerprint density at radius 1 is 1.22 bits per heavy atom. The molecule has 0 bridgehead atoms. The quantitative estimate of drug-likeness (QED) is 0.424. The fraction of sp³-hybridized carbons (Fsp3) is 0.720. The maximum absolute atomic E-state index is 13.6. The molecule has 0 aliphatic heterocycles. The molecule has 4 atom stereocenters. The van der Waals surface area contributed by atoms with E-state index in [0.29, 0.717) is 29.4 Å². The fourth-order valence-electron chi connectivity index (χ4n) is 5.19. The van der Waals surface area contributed by atoms with Gasteiger partial charge in [-0.2, -0.15) is 11.8 Å². The summed E-state index contributed by atoms with van der Waals surface area (Å²) in [7, 11) is 0. The first kappa shape index (κ1) is 25.4. The van der Waals surface area contributed by atoms with Crippen LogP contribution in [0, 0.1) is 28.9 Å². The Morgan fingerprint density at radius 3 is 2.41 bits per heavy atom. The number of aliphatic hydroxyl groups excluding tert-OH is 1. The van der Waals surface area contributed by atoms with Crippen molar-refractivity contribution in [2.45, 2.75) is 77.5 Å². The van der Waals surface area contributed by atoms with Gasteiger partial charge in [0, 0.05) is 30.8 Å². The van der Waals surface area contributed by atoms with E-state index in [1.165, 1.54) is 44.7 Å². The first-order valence-corrected chi connectivity index (χ1v) is 12.9. The number of β-amino-alcohol motifs (C(OH)–C–C–N with tert-alkyl or cyclic N) is 1. The van der Waals surface area contributed by atoms with Crippen LogP contribution in [0.2, 0.25) is 0 Å². The van der Waals surface area contributed by atoms with Crippen LogP contribution in [0.5, 0.6) is 0 Å². The minimum absolute atomic E-state index is 0.0630. The summed E-state index contributed by atoms with van der Waals surface area (Å²) in [5.74, 6) is 1.88. The highest BCUT2D eigenvalue weighted by atomic mass is 32.2. The largest absolute Gasteiger partial charge is 0.390 e. The molecule has 1 aromatic carbocycles. The van der Waals surface area contributed by atoms with E-state index in [9.17, 15) is 18.7 Å². The van der Waals surface area contributed by atoms with E-state index in [1.807, 2.05) is 11.8 Å². The van der Waals surface area contributed by atoms with Crippen LogP contribution < -0.4 is 10.6 Å². The summed E-state index contributed by atoms with van der Waals surface area (Å²) in [6.45, 7) is 8.51. The van der Waals surface area contributed by atoms with Gasteiger partial charge in [0.25, 0.3) is 0 Å². The molecule has 32 heavy (non-hydrogen) atoms. The Kier molecular flexibility index (Phi) is 8.26. The van der Waals surface area contributed by atoms with E-state index < -0.39 is 23.8 Å². The van der Waals surface area contributed by atoms with E-state index in [2.05, 4.69) is 31.4 Å². The SMILES string of the molecule is CC(=O)NC(Cc1cc(F)cc(F)c1)C(O)CNC1(CSCCC(C)(C)C)C2CCCC21. The zero-order valence-electron chi connectivity index (χ0n) is 19.7. The number of rotatable bonds is 11. The van der Waals surface area contributed by atoms with Crippen molar-refractivity contribution in [3.05, 3.63) is 35.4 Å². The predicted molar refractivity (Wildman–Crippen MR) is 127 cm³/mol. The molecule has 0 radical (unpaired) electrons. The van der Waals surface area contributed by atoms with Gasteiger partial charge in [-0.15, -0.1) is 0 Å². The lowest BCUT2D eigenvalue weighted by molar-refractivity contribution is -0.120. The summed E-state index contributed by atoms with van der Waals surface area (Å²) < 4.78 is 27.2. The van der Waals surface area contributed by atoms with Crippen molar-refractivity contribution in [2.75, 3.05) is 18.1 Å². The van der Waals surface area contributed by atoms with Crippen LogP contribution >= 0.6 is 11.8 Å². The average Bonchev–Trinajstić information content (AvgIpc) is 2.99. The molecule has 1 aromatic rings. The van der Waals surface area contributed by atoms with Crippen molar-refractivity contribution in [1.82, 2.24) is 10.6 Å². The second kappa shape index (κ2) is 10.4. The van der Waals surface area contributed by atoms with Gasteiger partial charge < -0.3 is 15.7 Å². The van der Waals surface area contributed by atoms with E-state index >= 15 is 0 Å². The number of fused-ring (bicyclic) bond motifs is 1. The number of nitrogens with one attached hydrogen (secondary N) is 2. The van der Waals surface area contributed by atoms with Crippen LogP contribution in [0.3, 0.4) is 0 Å². The molecule has 2 fully saturated rings. The van der Waals surface area contributed by atoms with Gasteiger partial charge in [-0.3, -0.25) is 4.79 Å². The van der Waals surface area contributed by atoms with Gasteiger partial charge in [0.2, 0.25) is 5.91 Å². The van der Waals surface area contributed by atoms with E-state index in [0.717, 1.165) is 17.6 Å². The Hall–Kier alpha value is -1.18. The molecule has 2 aliphatic rings. The molecule has 4 unspecified atom stereocenters. The lowest BCUT2D eigenvalue weighted by Gasteiger charge is -2.29. The molecule has 0 saturated heterocycles. The fourth-order valence-corrected chi connectivity index (χ4v) is 6.96. The van der Waals surface area contributed by atoms with Gasteiger partial charge >= 0.3 is 0 Å². The first-order chi connectivity index (χ1) is 15.0. The number of amides is 1. The Morgan fingerprint density at radius 2 is 1.84 bits per heavy atom. The number of hydrogen-bond acceptors (Lipinski definition) is 4. The second-order valence-electron chi connectivity index (χ2n) is 10.8. The molecule has 2 aliphatic carbocycles. The standard InChI is InChI=1S/C25H38F2N2O2S/c1-16(30)29-22(12-17-10-18(26)13-19(27)11-17)23(31)14-28-25(20-6-5-7-21(20)25)15-32-9-8-24(2,3)4/h10-11,13,20-23,28,31H,5-9,12,14-15H2,1-4H3,(H,29,30). The zero-order chi connectivity index (χ0) is 23.5. The second-order valence-corrected chi connectivity index (χ2v) is 11.9. The van der Waals surface area contributed by atoms with Crippen LogP contribution in [0.15, 0.2) is 18.2 Å². The van der Waals surface area contributed by atoms with Crippen LogP contribution in [0.4, 0.5) is 8.78 Å².